The highest BCUT2D eigenvalue weighted by atomic mass is 16.2. The number of benzene rings is 1. The fraction of sp³-hybridized carbons (Fsp3) is 0.400. The van der Waals surface area contributed by atoms with Gasteiger partial charge in [0.05, 0.1) is 11.6 Å². The number of Topliss-reactive ketones (excluding diaryl/α,β-unsaturated/α-hetero) is 1. The molecule has 0 unspecified atom stereocenters. The van der Waals surface area contributed by atoms with E-state index in [9.17, 15) is 9.59 Å². The van der Waals surface area contributed by atoms with Gasteiger partial charge in [-0.1, -0.05) is 6.07 Å². The molecule has 1 saturated carbocycles. The van der Waals surface area contributed by atoms with Crippen LogP contribution in [0.15, 0.2) is 24.3 Å². The number of carbonyl (C=O) groups excluding carboxylic acids is 2. The minimum absolute atomic E-state index is 0.104. The van der Waals surface area contributed by atoms with Gasteiger partial charge in [-0.2, -0.15) is 5.26 Å². The van der Waals surface area contributed by atoms with Gasteiger partial charge in [-0.3, -0.25) is 4.79 Å². The molecule has 5 heteroatoms. The summed E-state index contributed by atoms with van der Waals surface area (Å²) < 4.78 is 0. The molecule has 104 valence electrons. The van der Waals surface area contributed by atoms with E-state index in [4.69, 9.17) is 5.26 Å². The number of carbonyl (C=O) groups is 2. The van der Waals surface area contributed by atoms with Crippen LogP contribution < -0.4 is 5.32 Å². The third-order valence-corrected chi connectivity index (χ3v) is 3.62. The Hall–Kier alpha value is -2.35. The van der Waals surface area contributed by atoms with Crippen molar-refractivity contribution in [2.45, 2.75) is 31.7 Å². The predicted molar refractivity (Wildman–Crippen MR) is 75.2 cm³/mol. The summed E-state index contributed by atoms with van der Waals surface area (Å²) in [7, 11) is 1.74. The minimum atomic E-state index is -0.209. The summed E-state index contributed by atoms with van der Waals surface area (Å²) in [6.07, 6.45) is 2.54. The predicted octanol–water partition coefficient (Wildman–Crippen LogP) is 2.53. The fourth-order valence-electron chi connectivity index (χ4n) is 2.36. The average molecular weight is 271 g/mol. The molecule has 2 rings (SSSR count). The molecule has 0 atom stereocenters. The Morgan fingerprint density at radius 1 is 1.40 bits per heavy atom. The molecule has 1 aromatic carbocycles. The summed E-state index contributed by atoms with van der Waals surface area (Å²) in [4.78, 5) is 25.0. The van der Waals surface area contributed by atoms with Crippen LogP contribution in [-0.4, -0.2) is 29.8 Å². The Morgan fingerprint density at radius 3 is 2.75 bits per heavy atom. The SMILES string of the molecule is CN(C(=O)Nc1cccc(C#N)c1)C1CCC(=O)CC1. The number of ketones is 1. The van der Waals surface area contributed by atoms with Crippen molar-refractivity contribution in [2.24, 2.45) is 0 Å². The van der Waals surface area contributed by atoms with E-state index in [0.29, 0.717) is 24.1 Å². The van der Waals surface area contributed by atoms with E-state index in [0.717, 1.165) is 12.8 Å². The van der Waals surface area contributed by atoms with Crippen molar-refractivity contribution in [1.82, 2.24) is 4.90 Å². The van der Waals surface area contributed by atoms with E-state index in [1.165, 1.54) is 0 Å². The molecule has 2 amide bonds. The summed E-state index contributed by atoms with van der Waals surface area (Å²) in [6.45, 7) is 0. The van der Waals surface area contributed by atoms with Crippen LogP contribution in [0.1, 0.15) is 31.2 Å². The lowest BCUT2D eigenvalue weighted by Gasteiger charge is -2.30. The Labute approximate surface area is 118 Å². The highest BCUT2D eigenvalue weighted by Crippen LogP contribution is 2.20. The maximum Gasteiger partial charge on any atom is 0.321 e. The van der Waals surface area contributed by atoms with Crippen molar-refractivity contribution >= 4 is 17.5 Å². The van der Waals surface area contributed by atoms with Gasteiger partial charge in [0.2, 0.25) is 0 Å². The Balaban J connectivity index is 1.97. The molecule has 0 aromatic heterocycles. The lowest BCUT2D eigenvalue weighted by atomic mass is 9.93. The van der Waals surface area contributed by atoms with E-state index in [1.54, 1.807) is 36.2 Å². The van der Waals surface area contributed by atoms with E-state index < -0.39 is 0 Å². The van der Waals surface area contributed by atoms with E-state index >= 15 is 0 Å². The maximum atomic E-state index is 12.1. The topological polar surface area (TPSA) is 73.2 Å². The van der Waals surface area contributed by atoms with Gasteiger partial charge in [-0.05, 0) is 31.0 Å². The molecule has 1 fully saturated rings. The standard InChI is InChI=1S/C15H17N3O2/c1-18(13-5-7-14(19)8-6-13)15(20)17-12-4-2-3-11(9-12)10-16/h2-4,9,13H,5-8H2,1H3,(H,17,20). The van der Waals surface area contributed by atoms with Crippen molar-refractivity contribution in [1.29, 1.82) is 5.26 Å². The number of anilines is 1. The second-order valence-electron chi connectivity index (χ2n) is 5.00. The van der Waals surface area contributed by atoms with Gasteiger partial charge in [-0.25, -0.2) is 4.79 Å². The van der Waals surface area contributed by atoms with Gasteiger partial charge >= 0.3 is 6.03 Å². The third kappa shape index (κ3) is 3.35. The van der Waals surface area contributed by atoms with Crippen LogP contribution in [0.25, 0.3) is 0 Å². The largest absolute Gasteiger partial charge is 0.325 e. The van der Waals surface area contributed by atoms with Crippen molar-refractivity contribution < 1.29 is 9.59 Å². The van der Waals surface area contributed by atoms with Crippen LogP contribution in [0, 0.1) is 11.3 Å². The first-order valence-corrected chi connectivity index (χ1v) is 6.66. The number of hydrogen-bond donors (Lipinski definition) is 1. The molecule has 0 radical (unpaired) electrons. The van der Waals surface area contributed by atoms with Crippen LogP contribution in [0.2, 0.25) is 0 Å². The summed E-state index contributed by atoms with van der Waals surface area (Å²) in [5.41, 5.74) is 1.11. The monoisotopic (exact) mass is 271 g/mol. The van der Waals surface area contributed by atoms with Crippen molar-refractivity contribution in [2.75, 3.05) is 12.4 Å². The fourth-order valence-corrected chi connectivity index (χ4v) is 2.36. The Kier molecular flexibility index (Phi) is 4.36. The minimum Gasteiger partial charge on any atom is -0.325 e. The first-order chi connectivity index (χ1) is 9.60. The summed E-state index contributed by atoms with van der Waals surface area (Å²) in [5.74, 6) is 0.275. The molecule has 0 spiro atoms. The molecule has 1 aliphatic carbocycles. The lowest BCUT2D eigenvalue weighted by Crippen LogP contribution is -2.41. The number of amides is 2. The van der Waals surface area contributed by atoms with Crippen LogP contribution >= 0.6 is 0 Å². The average Bonchev–Trinajstić information content (AvgIpc) is 2.47. The van der Waals surface area contributed by atoms with Crippen LogP contribution in [0.3, 0.4) is 0 Å². The van der Waals surface area contributed by atoms with Gasteiger partial charge < -0.3 is 10.2 Å². The number of nitrogens with one attached hydrogen (secondary N) is 1. The van der Waals surface area contributed by atoms with Crippen molar-refractivity contribution in [3.8, 4) is 6.07 Å². The first-order valence-electron chi connectivity index (χ1n) is 6.66. The van der Waals surface area contributed by atoms with Gasteiger partial charge in [0.1, 0.15) is 5.78 Å². The maximum absolute atomic E-state index is 12.1. The van der Waals surface area contributed by atoms with Gasteiger partial charge in [0.15, 0.2) is 0 Å². The smallest absolute Gasteiger partial charge is 0.321 e. The van der Waals surface area contributed by atoms with Crippen LogP contribution in [0.5, 0.6) is 0 Å². The van der Waals surface area contributed by atoms with Gasteiger partial charge in [-0.15, -0.1) is 0 Å². The zero-order valence-corrected chi connectivity index (χ0v) is 11.4. The molecule has 0 aliphatic heterocycles. The molecule has 20 heavy (non-hydrogen) atoms. The lowest BCUT2D eigenvalue weighted by molar-refractivity contribution is -0.121. The molecule has 1 aliphatic rings. The van der Waals surface area contributed by atoms with Gasteiger partial charge in [0, 0.05) is 31.6 Å². The highest BCUT2D eigenvalue weighted by molar-refractivity contribution is 5.89. The zero-order chi connectivity index (χ0) is 14.5. The molecule has 1 N–H and O–H groups in total. The third-order valence-electron chi connectivity index (χ3n) is 3.62. The van der Waals surface area contributed by atoms with Gasteiger partial charge in [0.25, 0.3) is 0 Å². The Morgan fingerprint density at radius 2 is 2.10 bits per heavy atom. The first kappa shape index (κ1) is 14.1. The summed E-state index contributed by atoms with van der Waals surface area (Å²) >= 11 is 0. The molecular formula is C15H17N3O2. The second-order valence-corrected chi connectivity index (χ2v) is 5.00. The number of urea groups is 1. The molecular weight excluding hydrogens is 254 g/mol. The van der Waals surface area contributed by atoms with Crippen molar-refractivity contribution in [3.05, 3.63) is 29.8 Å². The number of rotatable bonds is 2. The zero-order valence-electron chi connectivity index (χ0n) is 11.4. The molecule has 5 nitrogen and oxygen atoms in total. The van der Waals surface area contributed by atoms with E-state index in [-0.39, 0.29) is 17.9 Å². The second kappa shape index (κ2) is 6.20. The highest BCUT2D eigenvalue weighted by Gasteiger charge is 2.25. The molecule has 0 bridgehead atoms. The summed E-state index contributed by atoms with van der Waals surface area (Å²) in [5, 5.41) is 11.6. The normalized spacial score (nSPS) is 15.5. The molecule has 1 aromatic rings. The quantitative estimate of drug-likeness (QED) is 0.898. The van der Waals surface area contributed by atoms with E-state index in [2.05, 4.69) is 5.32 Å². The number of nitrogens with zero attached hydrogens (tertiary/aromatic N) is 2. The Bertz CT molecular complexity index is 552. The molecule has 0 heterocycles. The van der Waals surface area contributed by atoms with Crippen LogP contribution in [-0.2, 0) is 4.79 Å². The summed E-state index contributed by atoms with van der Waals surface area (Å²) in [6, 6.07) is 8.73. The number of nitriles is 1. The van der Waals surface area contributed by atoms with Crippen molar-refractivity contribution in [3.63, 3.8) is 0 Å². The van der Waals surface area contributed by atoms with E-state index in [1.807, 2.05) is 6.07 Å². The number of hydrogen-bond acceptors (Lipinski definition) is 3. The molecule has 0 saturated heterocycles. The van der Waals surface area contributed by atoms with Crippen LogP contribution in [0.4, 0.5) is 10.5 Å².